The Morgan fingerprint density at radius 3 is 2.05 bits per heavy atom. The first kappa shape index (κ1) is 32.1. The van der Waals surface area contributed by atoms with Crippen LogP contribution in [0.3, 0.4) is 0 Å². The van der Waals surface area contributed by atoms with E-state index in [1.807, 2.05) is 54.5 Å². The molecule has 0 unspecified atom stereocenters. The van der Waals surface area contributed by atoms with E-state index in [0.717, 1.165) is 11.3 Å². The molecule has 39 heavy (non-hydrogen) atoms. The van der Waals surface area contributed by atoms with Crippen molar-refractivity contribution in [2.24, 2.45) is 5.92 Å². The molecule has 0 radical (unpaired) electrons. The molecule has 11 heteroatoms. The number of alkyl carbamates (subject to hydrolysis) is 1. The molecule has 3 N–H and O–H groups in total. The minimum Gasteiger partial charge on any atom is -0.444 e. The third kappa shape index (κ3) is 12.5. The van der Waals surface area contributed by atoms with Gasteiger partial charge in [0.1, 0.15) is 22.6 Å². The van der Waals surface area contributed by atoms with Crippen molar-refractivity contribution in [2.75, 3.05) is 31.5 Å². The van der Waals surface area contributed by atoms with Crippen LogP contribution in [0, 0.1) is 12.8 Å². The first-order valence-electron chi connectivity index (χ1n) is 13.5. The second-order valence-electron chi connectivity index (χ2n) is 13.0. The van der Waals surface area contributed by atoms with E-state index < -0.39 is 29.0 Å². The van der Waals surface area contributed by atoms with Gasteiger partial charge < -0.3 is 29.7 Å². The molecule has 1 aromatic heterocycles. The van der Waals surface area contributed by atoms with E-state index in [1.165, 1.54) is 0 Å². The predicted octanol–water partition coefficient (Wildman–Crippen LogP) is 4.63. The number of anilines is 1. The lowest BCUT2D eigenvalue weighted by Gasteiger charge is -2.24. The summed E-state index contributed by atoms with van der Waals surface area (Å²) < 4.78 is 16.2. The number of aromatic nitrogens is 1. The maximum Gasteiger partial charge on any atom is 0.413 e. The first-order chi connectivity index (χ1) is 17.8. The molecule has 0 bridgehead atoms. The molecule has 3 amide bonds. The smallest absolute Gasteiger partial charge is 0.413 e. The van der Waals surface area contributed by atoms with Gasteiger partial charge in [0.25, 0.3) is 0 Å². The summed E-state index contributed by atoms with van der Waals surface area (Å²) in [6.45, 7) is 20.1. The van der Waals surface area contributed by atoms with E-state index in [1.54, 1.807) is 31.7 Å². The van der Waals surface area contributed by atoms with Crippen molar-refractivity contribution in [1.82, 2.24) is 20.5 Å². The number of likely N-dealkylation sites (tertiary alicyclic amines) is 1. The summed E-state index contributed by atoms with van der Waals surface area (Å²) in [5, 5.41) is 8.93. The number of carbonyl (C=O) groups is 3. The Morgan fingerprint density at radius 2 is 1.46 bits per heavy atom. The van der Waals surface area contributed by atoms with Crippen LogP contribution in [0.15, 0.2) is 12.1 Å². The van der Waals surface area contributed by atoms with Crippen molar-refractivity contribution in [1.29, 1.82) is 0 Å². The van der Waals surface area contributed by atoms with Gasteiger partial charge >= 0.3 is 18.3 Å². The Bertz CT molecular complexity index is 1010. The Morgan fingerprint density at radius 1 is 0.872 bits per heavy atom. The Balaban J connectivity index is 2.10. The summed E-state index contributed by atoms with van der Waals surface area (Å²) in [6.07, 6.45) is -0.841. The van der Waals surface area contributed by atoms with Gasteiger partial charge in [0.15, 0.2) is 0 Å². The second kappa shape index (κ2) is 12.8. The third-order valence-electron chi connectivity index (χ3n) is 5.42. The van der Waals surface area contributed by atoms with E-state index in [-0.39, 0.29) is 18.1 Å². The van der Waals surface area contributed by atoms with Crippen molar-refractivity contribution in [3.8, 4) is 0 Å². The van der Waals surface area contributed by atoms with E-state index >= 15 is 0 Å². The van der Waals surface area contributed by atoms with Crippen molar-refractivity contribution in [2.45, 2.75) is 98.5 Å². The van der Waals surface area contributed by atoms with Gasteiger partial charge in [-0.2, -0.15) is 0 Å². The van der Waals surface area contributed by atoms with E-state index in [2.05, 4.69) is 20.9 Å². The molecular formula is C28H47N5O6. The highest BCUT2D eigenvalue weighted by Crippen LogP contribution is 2.24. The third-order valence-corrected chi connectivity index (χ3v) is 5.42. The zero-order valence-electron chi connectivity index (χ0n) is 25.2. The fourth-order valence-corrected chi connectivity index (χ4v) is 4.11. The lowest BCUT2D eigenvalue weighted by atomic mass is 9.97. The fraction of sp³-hybridized carbons (Fsp3) is 0.714. The molecule has 0 saturated carbocycles. The van der Waals surface area contributed by atoms with Crippen molar-refractivity contribution >= 4 is 24.1 Å². The zero-order valence-corrected chi connectivity index (χ0v) is 25.2. The first-order valence-corrected chi connectivity index (χ1v) is 13.5. The second-order valence-corrected chi connectivity index (χ2v) is 13.0. The molecule has 1 aliphatic heterocycles. The lowest BCUT2D eigenvalue weighted by Crippen LogP contribution is -2.43. The van der Waals surface area contributed by atoms with Crippen LogP contribution >= 0.6 is 0 Å². The van der Waals surface area contributed by atoms with Gasteiger partial charge in [0.05, 0.1) is 0 Å². The summed E-state index contributed by atoms with van der Waals surface area (Å²) in [5.74, 6) is 0.440. The van der Waals surface area contributed by atoms with Gasteiger partial charge in [-0.25, -0.2) is 19.4 Å². The maximum absolute atomic E-state index is 12.8. The van der Waals surface area contributed by atoms with Crippen LogP contribution in [0.4, 0.5) is 20.2 Å². The van der Waals surface area contributed by atoms with Crippen molar-refractivity contribution in [3.63, 3.8) is 0 Å². The van der Waals surface area contributed by atoms with E-state index in [4.69, 9.17) is 14.2 Å². The predicted molar refractivity (Wildman–Crippen MR) is 150 cm³/mol. The number of hydrogen-bond donors (Lipinski definition) is 3. The number of aryl methyl sites for hydroxylation is 1. The van der Waals surface area contributed by atoms with Gasteiger partial charge in [0, 0.05) is 37.9 Å². The molecule has 1 fully saturated rings. The van der Waals surface area contributed by atoms with E-state index in [0.29, 0.717) is 38.4 Å². The summed E-state index contributed by atoms with van der Waals surface area (Å²) in [7, 11) is 0. The largest absolute Gasteiger partial charge is 0.444 e. The summed E-state index contributed by atoms with van der Waals surface area (Å²) in [6, 6.07) is 3.70. The van der Waals surface area contributed by atoms with Crippen molar-refractivity contribution < 1.29 is 28.6 Å². The minimum atomic E-state index is -0.622. The maximum atomic E-state index is 12.8. The average Bonchev–Trinajstić information content (AvgIpc) is 3.09. The molecule has 0 aromatic carbocycles. The molecule has 1 aliphatic rings. The molecule has 0 aliphatic carbocycles. The van der Waals surface area contributed by atoms with Crippen LogP contribution in [0.5, 0.6) is 0 Å². The number of rotatable bonds is 7. The number of nitrogens with one attached hydrogen (secondary N) is 3. The van der Waals surface area contributed by atoms with Gasteiger partial charge in [-0.15, -0.1) is 0 Å². The van der Waals surface area contributed by atoms with Crippen LogP contribution in [0.25, 0.3) is 0 Å². The standard InChI is InChI=1S/C28H47N5O6/c1-18-13-20(31-22(14-18)32-24(35)38-27(5,6)7)15-19-16-33(25(36)39-28(8,9)10)17-21(19)29-11-12-30-23(34)37-26(2,3)4/h13-14,19,21,29H,11-12,15-17H2,1-10H3,(H,30,34)(H,31,32,35)/t19-,21+/m0/s1. The van der Waals surface area contributed by atoms with Gasteiger partial charge in [0.2, 0.25) is 0 Å². The number of carbonyl (C=O) groups excluding carboxylic acids is 3. The molecule has 2 rings (SSSR count). The van der Waals surface area contributed by atoms with Crippen LogP contribution in [0.2, 0.25) is 0 Å². The van der Waals surface area contributed by atoms with Gasteiger partial charge in [-0.1, -0.05) is 0 Å². The Labute approximate surface area is 232 Å². The SMILES string of the molecule is Cc1cc(C[C@H]2CN(C(=O)OC(C)(C)C)C[C@H]2NCCNC(=O)OC(C)(C)C)nc(NC(=O)OC(C)(C)C)c1. The van der Waals surface area contributed by atoms with E-state index in [9.17, 15) is 14.4 Å². The average molecular weight is 550 g/mol. The number of nitrogens with zero attached hydrogens (tertiary/aromatic N) is 2. The van der Waals surface area contributed by atoms with Crippen LogP contribution < -0.4 is 16.0 Å². The van der Waals surface area contributed by atoms with Crippen LogP contribution in [-0.2, 0) is 20.6 Å². The number of ether oxygens (including phenoxy) is 3. The molecule has 1 saturated heterocycles. The quantitative estimate of drug-likeness (QED) is 0.331. The highest BCUT2D eigenvalue weighted by atomic mass is 16.6. The highest BCUT2D eigenvalue weighted by Gasteiger charge is 2.37. The highest BCUT2D eigenvalue weighted by molar-refractivity contribution is 5.83. The lowest BCUT2D eigenvalue weighted by molar-refractivity contribution is 0.0285. The van der Waals surface area contributed by atoms with Crippen molar-refractivity contribution in [3.05, 3.63) is 23.4 Å². The topological polar surface area (TPSA) is 131 Å². The molecule has 2 atom stereocenters. The molecule has 1 aromatic rings. The summed E-state index contributed by atoms with van der Waals surface area (Å²) >= 11 is 0. The summed E-state index contributed by atoms with van der Waals surface area (Å²) in [5.41, 5.74) is -0.0616. The molecule has 0 spiro atoms. The normalized spacial score (nSPS) is 17.9. The minimum absolute atomic E-state index is 0.0303. The number of hydrogen-bond acceptors (Lipinski definition) is 8. The number of pyridine rings is 1. The number of amides is 3. The summed E-state index contributed by atoms with van der Waals surface area (Å²) in [4.78, 5) is 43.4. The van der Waals surface area contributed by atoms with Crippen LogP contribution in [0.1, 0.15) is 73.6 Å². The Kier molecular flexibility index (Phi) is 10.6. The van der Waals surface area contributed by atoms with Crippen LogP contribution in [-0.4, -0.2) is 77.2 Å². The Hall–Kier alpha value is -3.08. The zero-order chi connectivity index (χ0) is 29.6. The fourth-order valence-electron chi connectivity index (χ4n) is 4.11. The molecular weight excluding hydrogens is 502 g/mol. The monoisotopic (exact) mass is 549 g/mol. The molecule has 2 heterocycles. The molecule has 220 valence electrons. The molecule has 11 nitrogen and oxygen atoms in total. The van der Waals surface area contributed by atoms with Gasteiger partial charge in [-0.3, -0.25) is 5.32 Å². The van der Waals surface area contributed by atoms with Gasteiger partial charge in [-0.05, 0) is 99.3 Å².